The third kappa shape index (κ3) is 2.80. The first-order valence-corrected chi connectivity index (χ1v) is 5.65. The Labute approximate surface area is 92.5 Å². The minimum Gasteiger partial charge on any atom is -0.382 e. The highest BCUT2D eigenvalue weighted by Crippen LogP contribution is 2.23. The Morgan fingerprint density at radius 3 is 2.71 bits per heavy atom. The molecule has 0 amide bonds. The Morgan fingerprint density at radius 2 is 2.29 bits per heavy atom. The number of hydrogen-bond donors (Lipinski definition) is 1. The van der Waals surface area contributed by atoms with E-state index < -0.39 is 5.60 Å². The molecule has 0 saturated heterocycles. The van der Waals surface area contributed by atoms with Crippen LogP contribution in [0.3, 0.4) is 0 Å². The fraction of sp³-hybridized carbons (Fsp3) is 0.500. The van der Waals surface area contributed by atoms with Gasteiger partial charge in [0.2, 0.25) is 0 Å². The van der Waals surface area contributed by atoms with Gasteiger partial charge in [-0.3, -0.25) is 4.79 Å². The molecule has 1 aromatic heterocycles. The van der Waals surface area contributed by atoms with Crippen LogP contribution in [0.1, 0.15) is 25.1 Å². The van der Waals surface area contributed by atoms with E-state index in [9.17, 15) is 9.90 Å². The molecule has 0 saturated carbocycles. The Morgan fingerprint density at radius 1 is 1.64 bits per heavy atom. The van der Waals surface area contributed by atoms with E-state index >= 15 is 0 Å². The molecule has 0 aliphatic carbocycles. The highest BCUT2D eigenvalue weighted by atomic mass is 35.5. The second-order valence-corrected chi connectivity index (χ2v) is 5.23. The van der Waals surface area contributed by atoms with Crippen molar-refractivity contribution in [3.05, 3.63) is 21.3 Å². The number of rotatable bonds is 4. The monoisotopic (exact) mass is 232 g/mol. The van der Waals surface area contributed by atoms with Crippen LogP contribution in [0.15, 0.2) is 12.1 Å². The first-order valence-electron chi connectivity index (χ1n) is 4.45. The van der Waals surface area contributed by atoms with Gasteiger partial charge in [-0.2, -0.15) is 0 Å². The van der Waals surface area contributed by atoms with Crippen LogP contribution in [0.2, 0.25) is 4.34 Å². The van der Waals surface area contributed by atoms with Gasteiger partial charge < -0.3 is 5.11 Å². The predicted octanol–water partition coefficient (Wildman–Crippen LogP) is 2.67. The van der Waals surface area contributed by atoms with E-state index in [1.165, 1.54) is 11.3 Å². The maximum atomic E-state index is 11.6. The van der Waals surface area contributed by atoms with Crippen molar-refractivity contribution >= 4 is 28.7 Å². The number of thiophene rings is 1. The molecule has 1 unspecified atom stereocenters. The summed E-state index contributed by atoms with van der Waals surface area (Å²) >= 11 is 7.11. The van der Waals surface area contributed by atoms with E-state index in [-0.39, 0.29) is 12.2 Å². The van der Waals surface area contributed by atoms with Gasteiger partial charge in [0.05, 0.1) is 4.34 Å². The molecule has 1 rings (SSSR count). The van der Waals surface area contributed by atoms with Crippen molar-refractivity contribution in [3.63, 3.8) is 0 Å². The number of Topliss-reactive ketones (excluding diaryl/α,β-unsaturated/α-hetero) is 1. The summed E-state index contributed by atoms with van der Waals surface area (Å²) in [5.74, 6) is -0.154. The van der Waals surface area contributed by atoms with Gasteiger partial charge in [-0.15, -0.1) is 11.3 Å². The summed E-state index contributed by atoms with van der Waals surface area (Å²) in [7, 11) is 0. The second kappa shape index (κ2) is 4.43. The molecule has 0 aliphatic heterocycles. The molecular formula is C10H13ClO2S. The van der Waals surface area contributed by atoms with Gasteiger partial charge in [0.15, 0.2) is 5.78 Å². The summed E-state index contributed by atoms with van der Waals surface area (Å²) in [6.07, 6.45) is 0.698. The maximum Gasteiger partial charge on any atom is 0.169 e. The van der Waals surface area contributed by atoms with Crippen molar-refractivity contribution in [2.45, 2.75) is 32.3 Å². The lowest BCUT2D eigenvalue weighted by molar-refractivity contribution is -0.135. The summed E-state index contributed by atoms with van der Waals surface area (Å²) in [5.41, 5.74) is -1.21. The molecule has 4 heteroatoms. The summed E-state index contributed by atoms with van der Waals surface area (Å²) in [4.78, 5) is 12.5. The van der Waals surface area contributed by atoms with E-state index in [0.717, 1.165) is 4.88 Å². The number of hydrogen-bond acceptors (Lipinski definition) is 3. The molecule has 0 fully saturated rings. The van der Waals surface area contributed by atoms with Crippen molar-refractivity contribution in [3.8, 4) is 0 Å². The fourth-order valence-electron chi connectivity index (χ4n) is 0.993. The van der Waals surface area contributed by atoms with Gasteiger partial charge in [0, 0.05) is 11.3 Å². The smallest absolute Gasteiger partial charge is 0.169 e. The minimum atomic E-state index is -1.21. The van der Waals surface area contributed by atoms with Crippen LogP contribution in [0.4, 0.5) is 0 Å². The second-order valence-electron chi connectivity index (χ2n) is 3.43. The largest absolute Gasteiger partial charge is 0.382 e. The van der Waals surface area contributed by atoms with Crippen LogP contribution >= 0.6 is 22.9 Å². The molecule has 0 aromatic carbocycles. The normalized spacial score (nSPS) is 15.1. The number of halogens is 1. The van der Waals surface area contributed by atoms with Gasteiger partial charge in [-0.05, 0) is 25.5 Å². The molecule has 78 valence electrons. The van der Waals surface area contributed by atoms with E-state index in [1.807, 2.05) is 6.07 Å². The highest BCUT2D eigenvalue weighted by Gasteiger charge is 2.27. The third-order valence-electron chi connectivity index (χ3n) is 2.25. The zero-order chi connectivity index (χ0) is 10.8. The van der Waals surface area contributed by atoms with Crippen LogP contribution < -0.4 is 0 Å². The van der Waals surface area contributed by atoms with Crippen molar-refractivity contribution in [2.75, 3.05) is 0 Å². The maximum absolute atomic E-state index is 11.6. The highest BCUT2D eigenvalue weighted by molar-refractivity contribution is 7.16. The molecule has 14 heavy (non-hydrogen) atoms. The molecule has 1 heterocycles. The summed E-state index contributed by atoms with van der Waals surface area (Å²) in [5, 5.41) is 9.68. The predicted molar refractivity (Wildman–Crippen MR) is 59.0 cm³/mol. The molecule has 0 radical (unpaired) electrons. The van der Waals surface area contributed by atoms with Crippen LogP contribution in [0, 0.1) is 0 Å². The molecule has 1 aromatic rings. The molecular weight excluding hydrogens is 220 g/mol. The molecule has 1 atom stereocenters. The van der Waals surface area contributed by atoms with Crippen LogP contribution in [0.25, 0.3) is 0 Å². The van der Waals surface area contributed by atoms with Crippen molar-refractivity contribution in [1.82, 2.24) is 0 Å². The number of ketones is 1. The minimum absolute atomic E-state index is 0.154. The van der Waals surface area contributed by atoms with Crippen LogP contribution in [0.5, 0.6) is 0 Å². The summed E-state index contributed by atoms with van der Waals surface area (Å²) < 4.78 is 0.670. The van der Waals surface area contributed by atoms with Gasteiger partial charge in [0.1, 0.15) is 5.60 Å². The average molecular weight is 233 g/mol. The first-order chi connectivity index (χ1) is 6.45. The van der Waals surface area contributed by atoms with E-state index in [4.69, 9.17) is 11.6 Å². The standard InChI is InChI=1S/C10H13ClO2S/c1-3-10(2,13)8(12)6-7-4-5-9(11)14-7/h4-5,13H,3,6H2,1-2H3. The number of carbonyl (C=O) groups excluding carboxylic acids is 1. The fourth-order valence-corrected chi connectivity index (χ4v) is 2.08. The summed E-state index contributed by atoms with van der Waals surface area (Å²) in [6, 6.07) is 3.58. The average Bonchev–Trinajstić information content (AvgIpc) is 2.51. The SMILES string of the molecule is CCC(C)(O)C(=O)Cc1ccc(Cl)s1. The van der Waals surface area contributed by atoms with Gasteiger partial charge in [0.25, 0.3) is 0 Å². The lowest BCUT2D eigenvalue weighted by atomic mass is 9.95. The first kappa shape index (κ1) is 11.7. The van der Waals surface area contributed by atoms with E-state index in [1.54, 1.807) is 19.9 Å². The van der Waals surface area contributed by atoms with Gasteiger partial charge >= 0.3 is 0 Å². The number of carbonyl (C=O) groups is 1. The molecule has 0 aliphatic rings. The quantitative estimate of drug-likeness (QED) is 0.867. The molecule has 2 nitrogen and oxygen atoms in total. The van der Waals surface area contributed by atoms with Crippen molar-refractivity contribution in [1.29, 1.82) is 0 Å². The van der Waals surface area contributed by atoms with E-state index in [0.29, 0.717) is 10.8 Å². The zero-order valence-corrected chi connectivity index (χ0v) is 9.78. The Kier molecular flexibility index (Phi) is 3.70. The van der Waals surface area contributed by atoms with Crippen molar-refractivity contribution < 1.29 is 9.90 Å². The Hall–Kier alpha value is -0.380. The van der Waals surface area contributed by atoms with Crippen LogP contribution in [-0.2, 0) is 11.2 Å². The molecule has 1 N–H and O–H groups in total. The number of aliphatic hydroxyl groups is 1. The lowest BCUT2D eigenvalue weighted by Gasteiger charge is -2.18. The topological polar surface area (TPSA) is 37.3 Å². The third-order valence-corrected chi connectivity index (χ3v) is 3.48. The zero-order valence-electron chi connectivity index (χ0n) is 8.21. The van der Waals surface area contributed by atoms with Gasteiger partial charge in [-0.25, -0.2) is 0 Å². The Balaban J connectivity index is 2.66. The van der Waals surface area contributed by atoms with Crippen molar-refractivity contribution in [2.24, 2.45) is 0 Å². The Bertz CT molecular complexity index is 331. The van der Waals surface area contributed by atoms with E-state index in [2.05, 4.69) is 0 Å². The lowest BCUT2D eigenvalue weighted by Crippen LogP contribution is -2.35. The molecule has 0 bridgehead atoms. The van der Waals surface area contributed by atoms with Crippen LogP contribution in [-0.4, -0.2) is 16.5 Å². The van der Waals surface area contributed by atoms with Gasteiger partial charge in [-0.1, -0.05) is 18.5 Å². The molecule has 0 spiro atoms. The summed E-state index contributed by atoms with van der Waals surface area (Å²) in [6.45, 7) is 3.34.